The minimum absolute atomic E-state index is 0.605. The first kappa shape index (κ1) is 12.9. The molecule has 0 aromatic heterocycles. The molecule has 0 radical (unpaired) electrons. The molecule has 1 aromatic rings. The normalized spacial score (nSPS) is 21.3. The average Bonchev–Trinajstić information content (AvgIpc) is 2.77. The van der Waals surface area contributed by atoms with Crippen LogP contribution in [0.15, 0.2) is 24.3 Å². The third kappa shape index (κ3) is 3.44. The minimum Gasteiger partial charge on any atom is -0.309 e. The van der Waals surface area contributed by atoms with Gasteiger partial charge in [-0.3, -0.25) is 4.90 Å². The van der Waals surface area contributed by atoms with E-state index in [1.54, 1.807) is 0 Å². The van der Waals surface area contributed by atoms with E-state index in [0.29, 0.717) is 12.1 Å². The van der Waals surface area contributed by atoms with Crippen molar-refractivity contribution in [3.05, 3.63) is 34.9 Å². The number of rotatable bonds is 4. The number of benzene rings is 1. The molecule has 0 saturated carbocycles. The maximum Gasteiger partial charge on any atom is 0.0450 e. The second kappa shape index (κ2) is 5.85. The predicted molar refractivity (Wildman–Crippen MR) is 73.4 cm³/mol. The molecule has 1 fully saturated rings. The van der Waals surface area contributed by atoms with Gasteiger partial charge >= 0.3 is 0 Å². The van der Waals surface area contributed by atoms with Crippen LogP contribution in [0.1, 0.15) is 25.8 Å². The fourth-order valence-corrected chi connectivity index (χ4v) is 2.52. The predicted octanol–water partition coefficient (Wildman–Crippen LogP) is 2.91. The molecule has 0 spiro atoms. The first-order valence-corrected chi connectivity index (χ1v) is 6.75. The highest BCUT2D eigenvalue weighted by molar-refractivity contribution is 6.31. The Morgan fingerprint density at radius 1 is 1.41 bits per heavy atom. The van der Waals surface area contributed by atoms with Crippen molar-refractivity contribution in [2.45, 2.75) is 38.9 Å². The molecule has 2 rings (SSSR count). The van der Waals surface area contributed by atoms with Crippen molar-refractivity contribution in [1.82, 2.24) is 10.2 Å². The SMILES string of the molecule is CC(C)N1CCC(NCc2ccccc2Cl)C1. The first-order chi connectivity index (χ1) is 8.16. The van der Waals surface area contributed by atoms with Gasteiger partial charge < -0.3 is 5.32 Å². The Labute approximate surface area is 109 Å². The van der Waals surface area contributed by atoms with Gasteiger partial charge in [-0.1, -0.05) is 29.8 Å². The summed E-state index contributed by atoms with van der Waals surface area (Å²) in [7, 11) is 0. The second-order valence-corrected chi connectivity index (χ2v) is 5.45. The lowest BCUT2D eigenvalue weighted by Gasteiger charge is -2.20. The molecule has 0 bridgehead atoms. The molecule has 2 nitrogen and oxygen atoms in total. The van der Waals surface area contributed by atoms with Crippen LogP contribution in [-0.4, -0.2) is 30.1 Å². The summed E-state index contributed by atoms with van der Waals surface area (Å²) in [5.74, 6) is 0. The summed E-state index contributed by atoms with van der Waals surface area (Å²) in [5.41, 5.74) is 1.19. The van der Waals surface area contributed by atoms with Crippen LogP contribution in [0, 0.1) is 0 Å². The van der Waals surface area contributed by atoms with Gasteiger partial charge in [0, 0.05) is 30.2 Å². The lowest BCUT2D eigenvalue weighted by Crippen LogP contribution is -2.34. The van der Waals surface area contributed by atoms with E-state index in [1.807, 2.05) is 18.2 Å². The van der Waals surface area contributed by atoms with Gasteiger partial charge in [0.15, 0.2) is 0 Å². The highest BCUT2D eigenvalue weighted by Crippen LogP contribution is 2.16. The van der Waals surface area contributed by atoms with Crippen molar-refractivity contribution >= 4 is 11.6 Å². The Balaban J connectivity index is 1.82. The molecule has 0 amide bonds. The minimum atomic E-state index is 0.605. The van der Waals surface area contributed by atoms with Gasteiger partial charge in [0.05, 0.1) is 0 Å². The van der Waals surface area contributed by atoms with Gasteiger partial charge in [0.2, 0.25) is 0 Å². The Hall–Kier alpha value is -0.570. The Kier molecular flexibility index (Phi) is 4.43. The molecule has 1 heterocycles. The number of hydrogen-bond donors (Lipinski definition) is 1. The second-order valence-electron chi connectivity index (χ2n) is 5.05. The van der Waals surface area contributed by atoms with Gasteiger partial charge in [0.25, 0.3) is 0 Å². The van der Waals surface area contributed by atoms with Gasteiger partial charge in [-0.15, -0.1) is 0 Å². The third-order valence-corrected chi connectivity index (χ3v) is 3.86. The summed E-state index contributed by atoms with van der Waals surface area (Å²) in [4.78, 5) is 2.52. The molecule has 0 aliphatic carbocycles. The molecule has 1 unspecified atom stereocenters. The molecular formula is C14H21ClN2. The highest BCUT2D eigenvalue weighted by atomic mass is 35.5. The van der Waals surface area contributed by atoms with Crippen LogP contribution in [0.25, 0.3) is 0 Å². The number of halogens is 1. The van der Waals surface area contributed by atoms with Crippen molar-refractivity contribution in [2.24, 2.45) is 0 Å². The molecule has 1 atom stereocenters. The lowest BCUT2D eigenvalue weighted by molar-refractivity contribution is 0.268. The zero-order valence-electron chi connectivity index (χ0n) is 10.6. The molecule has 1 saturated heterocycles. The molecule has 3 heteroatoms. The van der Waals surface area contributed by atoms with E-state index < -0.39 is 0 Å². The van der Waals surface area contributed by atoms with Crippen LogP contribution >= 0.6 is 11.6 Å². The lowest BCUT2D eigenvalue weighted by atomic mass is 10.2. The highest BCUT2D eigenvalue weighted by Gasteiger charge is 2.23. The molecule has 1 aliphatic rings. The first-order valence-electron chi connectivity index (χ1n) is 6.37. The van der Waals surface area contributed by atoms with Crippen molar-refractivity contribution in [2.75, 3.05) is 13.1 Å². The number of likely N-dealkylation sites (tertiary alicyclic amines) is 1. The summed E-state index contributed by atoms with van der Waals surface area (Å²) in [6.45, 7) is 7.75. The topological polar surface area (TPSA) is 15.3 Å². The van der Waals surface area contributed by atoms with Crippen molar-refractivity contribution in [3.63, 3.8) is 0 Å². The van der Waals surface area contributed by atoms with Crippen LogP contribution in [-0.2, 0) is 6.54 Å². The van der Waals surface area contributed by atoms with Gasteiger partial charge in [0.1, 0.15) is 0 Å². The van der Waals surface area contributed by atoms with Crippen molar-refractivity contribution in [3.8, 4) is 0 Å². The van der Waals surface area contributed by atoms with Crippen LogP contribution in [0.4, 0.5) is 0 Å². The summed E-state index contributed by atoms with van der Waals surface area (Å²) in [5, 5.41) is 4.46. The van der Waals surface area contributed by atoms with E-state index in [1.165, 1.54) is 18.5 Å². The molecule has 1 N–H and O–H groups in total. The quantitative estimate of drug-likeness (QED) is 0.887. The smallest absolute Gasteiger partial charge is 0.0450 e. The van der Waals surface area contributed by atoms with E-state index >= 15 is 0 Å². The average molecular weight is 253 g/mol. The largest absolute Gasteiger partial charge is 0.309 e. The van der Waals surface area contributed by atoms with Crippen LogP contribution in [0.3, 0.4) is 0 Å². The molecule has 1 aromatic carbocycles. The number of nitrogens with zero attached hydrogens (tertiary/aromatic N) is 1. The zero-order valence-corrected chi connectivity index (χ0v) is 11.4. The third-order valence-electron chi connectivity index (χ3n) is 3.49. The van der Waals surface area contributed by atoms with E-state index in [-0.39, 0.29) is 0 Å². The monoisotopic (exact) mass is 252 g/mol. The van der Waals surface area contributed by atoms with Crippen LogP contribution < -0.4 is 5.32 Å². The maximum atomic E-state index is 6.14. The molecule has 94 valence electrons. The standard InChI is InChI=1S/C14H21ClN2/c1-11(2)17-8-7-13(10-17)16-9-12-5-3-4-6-14(12)15/h3-6,11,13,16H,7-10H2,1-2H3. The van der Waals surface area contributed by atoms with Crippen LogP contribution in [0.5, 0.6) is 0 Å². The molecule has 1 aliphatic heterocycles. The Morgan fingerprint density at radius 3 is 2.82 bits per heavy atom. The van der Waals surface area contributed by atoms with Crippen LogP contribution in [0.2, 0.25) is 5.02 Å². The van der Waals surface area contributed by atoms with E-state index in [4.69, 9.17) is 11.6 Å². The maximum absolute atomic E-state index is 6.14. The fourth-order valence-electron chi connectivity index (χ4n) is 2.32. The Bertz CT molecular complexity index is 365. The van der Waals surface area contributed by atoms with E-state index in [9.17, 15) is 0 Å². The molecule has 17 heavy (non-hydrogen) atoms. The summed E-state index contributed by atoms with van der Waals surface area (Å²) < 4.78 is 0. The van der Waals surface area contributed by atoms with E-state index in [2.05, 4.69) is 30.1 Å². The number of nitrogens with one attached hydrogen (secondary N) is 1. The number of hydrogen-bond acceptors (Lipinski definition) is 2. The Morgan fingerprint density at radius 2 is 2.18 bits per heavy atom. The molecular weight excluding hydrogens is 232 g/mol. The van der Waals surface area contributed by atoms with Crippen molar-refractivity contribution in [1.29, 1.82) is 0 Å². The zero-order chi connectivity index (χ0) is 12.3. The summed E-state index contributed by atoms with van der Waals surface area (Å²) in [6, 6.07) is 9.31. The van der Waals surface area contributed by atoms with Gasteiger partial charge in [-0.25, -0.2) is 0 Å². The van der Waals surface area contributed by atoms with Gasteiger partial charge in [-0.2, -0.15) is 0 Å². The van der Waals surface area contributed by atoms with Gasteiger partial charge in [-0.05, 0) is 38.4 Å². The van der Waals surface area contributed by atoms with E-state index in [0.717, 1.165) is 18.1 Å². The van der Waals surface area contributed by atoms with Crippen molar-refractivity contribution < 1.29 is 0 Å². The summed E-state index contributed by atoms with van der Waals surface area (Å²) in [6.07, 6.45) is 1.24. The fraction of sp³-hybridized carbons (Fsp3) is 0.571. The summed E-state index contributed by atoms with van der Waals surface area (Å²) >= 11 is 6.14.